The average Bonchev–Trinajstić information content (AvgIpc) is 1.10. The number of unbranched alkanes of at least 4 members (excludes halogenated alkanes) is 2. The minimum absolute atomic E-state index is 0.00172. The van der Waals surface area contributed by atoms with Gasteiger partial charge in [-0.05, 0) is 87.0 Å². The molecular weight excluding hydrogens is 1530 g/mol. The first kappa shape index (κ1) is 103. The maximum Gasteiger partial charge on any atom is 0.303 e. The maximum atomic E-state index is 14.3. The van der Waals surface area contributed by atoms with Gasteiger partial charge in [0, 0.05) is 66.8 Å². The Morgan fingerprint density at radius 1 is 0.376 bits per heavy atom. The number of amides is 8. The Balaban J connectivity index is 1.22. The van der Waals surface area contributed by atoms with Gasteiger partial charge in [0.05, 0.1) is 156 Å². The van der Waals surface area contributed by atoms with Crippen LogP contribution in [-0.4, -0.2) is 304 Å². The van der Waals surface area contributed by atoms with E-state index in [2.05, 4.69) is 84.1 Å². The summed E-state index contributed by atoms with van der Waals surface area (Å²) in [6.07, 6.45) is 0.213. The van der Waals surface area contributed by atoms with Gasteiger partial charge in [-0.3, -0.25) is 47.9 Å². The molecule has 8 N–H and O–H groups in total. The summed E-state index contributed by atoms with van der Waals surface area (Å²) in [6.45, 7) is 25.1. The van der Waals surface area contributed by atoms with Gasteiger partial charge in [-0.1, -0.05) is 78.8 Å². The number of hydrogen-bond acceptors (Lipinski definition) is 28. The number of esters is 2. The van der Waals surface area contributed by atoms with Crippen LogP contribution in [0.4, 0.5) is 0 Å². The fraction of sp³-hybridized carbons (Fsp3) is 0.802. The summed E-state index contributed by atoms with van der Waals surface area (Å²) >= 11 is 0. The lowest BCUT2D eigenvalue weighted by molar-refractivity contribution is -0.264. The number of rotatable bonds is 64. The third kappa shape index (κ3) is 43.9. The summed E-state index contributed by atoms with van der Waals surface area (Å²) in [5.41, 5.74) is 1.00. The second-order valence-electron chi connectivity index (χ2n) is 29.3. The molecule has 3 aliphatic rings. The van der Waals surface area contributed by atoms with Gasteiger partial charge < -0.3 is 128 Å². The number of carbonyl (C=O) groups is 10. The van der Waals surface area contributed by atoms with E-state index >= 15 is 0 Å². The number of hydrogen-bond donors (Lipinski definition) is 8. The van der Waals surface area contributed by atoms with E-state index in [1.54, 1.807) is 6.92 Å². The van der Waals surface area contributed by atoms with E-state index in [1.807, 2.05) is 30.3 Å². The molecule has 0 spiro atoms. The Hall–Kier alpha value is -6.72. The molecular formula is C81H138N8O28. The number of carbonyl (C=O) groups excluding carboxylic acids is 10. The van der Waals surface area contributed by atoms with Gasteiger partial charge >= 0.3 is 11.9 Å². The van der Waals surface area contributed by atoms with Gasteiger partial charge in [0.15, 0.2) is 18.9 Å². The van der Waals surface area contributed by atoms with Crippen molar-refractivity contribution >= 4 is 59.2 Å². The van der Waals surface area contributed by atoms with Crippen molar-refractivity contribution in [2.24, 2.45) is 29.6 Å². The van der Waals surface area contributed by atoms with Crippen LogP contribution >= 0.6 is 0 Å². The predicted molar refractivity (Wildman–Crippen MR) is 424 cm³/mol. The Labute approximate surface area is 690 Å². The van der Waals surface area contributed by atoms with Crippen molar-refractivity contribution in [2.45, 2.75) is 221 Å². The SMILES string of the molecule is CC[C@H]1O[C@@H](OCCOCCOCCOCC(=O)NCCCC[C@H](NC(=O)COCCOCCOCCO[C@@H]2O[C@H](CC)[C@H](C)[C@H](C)[C@H]2NC(C)=O)C(=O)N[C@@H](CCCCNC(=O)COCCOCCOCCO[C@@H]2O[C@H](COC(C)=O)[C@H](OC(C)=O)[C@H](C)[C@H]2NC(C)=O)C(=O)NCCCOCc2ccccc2)[C@H](NC(C)=O)[C@@H](C)[C@H]1C. The molecule has 0 bridgehead atoms. The molecule has 3 fully saturated rings. The third-order valence-electron chi connectivity index (χ3n) is 20.0. The highest BCUT2D eigenvalue weighted by molar-refractivity contribution is 5.92. The number of nitrogens with one attached hydrogen (secondary N) is 8. The second kappa shape index (κ2) is 61.5. The van der Waals surface area contributed by atoms with Crippen molar-refractivity contribution in [3.05, 3.63) is 35.9 Å². The molecule has 36 nitrogen and oxygen atoms in total. The molecule has 1 aromatic rings. The van der Waals surface area contributed by atoms with E-state index in [4.69, 9.17) is 85.3 Å². The smallest absolute Gasteiger partial charge is 0.303 e. The van der Waals surface area contributed by atoms with Crippen molar-refractivity contribution < 1.29 is 133 Å². The van der Waals surface area contributed by atoms with Crippen LogP contribution < -0.4 is 42.5 Å². The van der Waals surface area contributed by atoms with E-state index in [0.29, 0.717) is 58.5 Å². The van der Waals surface area contributed by atoms with Gasteiger partial charge in [-0.25, -0.2) is 0 Å². The van der Waals surface area contributed by atoms with Gasteiger partial charge in [0.25, 0.3) is 0 Å². The van der Waals surface area contributed by atoms with Gasteiger partial charge in [0.2, 0.25) is 47.3 Å². The summed E-state index contributed by atoms with van der Waals surface area (Å²) < 4.78 is 104. The maximum absolute atomic E-state index is 14.3. The van der Waals surface area contributed by atoms with Crippen LogP contribution in [0.2, 0.25) is 0 Å². The van der Waals surface area contributed by atoms with Crippen LogP contribution in [0.1, 0.15) is 146 Å². The highest BCUT2D eigenvalue weighted by Crippen LogP contribution is 2.35. The van der Waals surface area contributed by atoms with E-state index in [0.717, 1.165) is 18.4 Å². The lowest BCUT2D eigenvalue weighted by Gasteiger charge is -2.44. The lowest BCUT2D eigenvalue weighted by atomic mass is 9.81. The summed E-state index contributed by atoms with van der Waals surface area (Å²) in [7, 11) is 0. The number of ether oxygens (including phenoxy) is 18. The van der Waals surface area contributed by atoms with Crippen molar-refractivity contribution in [2.75, 3.05) is 172 Å². The van der Waals surface area contributed by atoms with Crippen LogP contribution in [0.3, 0.4) is 0 Å². The zero-order valence-corrected chi connectivity index (χ0v) is 71.1. The molecule has 1 aromatic carbocycles. The first-order chi connectivity index (χ1) is 56.3. The molecule has 0 unspecified atom stereocenters. The largest absolute Gasteiger partial charge is 0.463 e. The summed E-state index contributed by atoms with van der Waals surface area (Å²) in [5.74, 6) is -3.86. The first-order valence-electron chi connectivity index (χ1n) is 41.5. The molecule has 0 radical (unpaired) electrons. The average molecular weight is 1670 g/mol. The van der Waals surface area contributed by atoms with Gasteiger partial charge in [0.1, 0.15) is 50.7 Å². The van der Waals surface area contributed by atoms with Crippen LogP contribution in [0.25, 0.3) is 0 Å². The molecule has 0 aliphatic carbocycles. The monoisotopic (exact) mass is 1670 g/mol. The van der Waals surface area contributed by atoms with Crippen molar-refractivity contribution in [3.8, 4) is 0 Å². The Morgan fingerprint density at radius 3 is 1.15 bits per heavy atom. The van der Waals surface area contributed by atoms with Crippen LogP contribution in [0.15, 0.2) is 30.3 Å². The fourth-order valence-corrected chi connectivity index (χ4v) is 13.4. The van der Waals surface area contributed by atoms with Gasteiger partial charge in [-0.2, -0.15) is 0 Å². The van der Waals surface area contributed by atoms with Gasteiger partial charge in [-0.15, -0.1) is 0 Å². The predicted octanol–water partition coefficient (Wildman–Crippen LogP) is 2.64. The zero-order chi connectivity index (χ0) is 85.5. The molecule has 0 aromatic heterocycles. The fourth-order valence-electron chi connectivity index (χ4n) is 13.4. The molecule has 670 valence electrons. The quantitative estimate of drug-likeness (QED) is 0.0343. The summed E-state index contributed by atoms with van der Waals surface area (Å²) in [5, 5.41) is 22.9. The summed E-state index contributed by atoms with van der Waals surface area (Å²) in [6, 6.07) is 6.23. The van der Waals surface area contributed by atoms with E-state index in [-0.39, 0.29) is 236 Å². The highest BCUT2D eigenvalue weighted by Gasteiger charge is 2.48. The molecule has 4 rings (SSSR count). The number of benzene rings is 1. The molecule has 36 heteroatoms. The standard InChI is InChI=1S/C81H138N8O28/c1-13-67-54(3)56(5)73(85-59(8)90)79(115-67)110-46-43-103-34-31-100-37-41-108-52-71(96)83-28-21-19-26-66(88-72(97)53-109-42-39-102-33-36-104-44-47-111-80-74(86-60(9)91)57(6)55(4)68(14-2)116-80)78(99)89-65(77(98)84-29-22-30-106-49-64-23-16-15-17-24-64)25-18-20-27-82-70(95)51-107-40-38-101-32-35-105-45-48-112-81-75(87-61(10)92)58(7)76(114-63(12)94)69(117-81)50-113-62(11)93/h15-17,23-24,54-58,65-69,73-76,79-81H,13-14,18-22,25-53H2,1-12H3,(H,82,95)(H,83,96)(H,84,98)(H,85,90)(H,86,91)(H,87,92)(H,88,97)(H,89,99)/t54-,55-,56+,57+,58-,65+,66+,67-,68-,69-,73-,74-,75-,76-,79-,80-,81-/m1/s1. The van der Waals surface area contributed by atoms with E-state index < -0.39 is 91.4 Å². The lowest BCUT2D eigenvalue weighted by Crippen LogP contribution is -2.62. The van der Waals surface area contributed by atoms with Crippen molar-refractivity contribution in [3.63, 3.8) is 0 Å². The molecule has 0 saturated carbocycles. The molecule has 3 aliphatic heterocycles. The topological polar surface area (TPSA) is 433 Å². The molecule has 8 amide bonds. The van der Waals surface area contributed by atoms with E-state index in [1.165, 1.54) is 34.6 Å². The molecule has 17 atom stereocenters. The Bertz CT molecular complexity index is 2970. The highest BCUT2D eigenvalue weighted by atomic mass is 16.7. The van der Waals surface area contributed by atoms with Crippen molar-refractivity contribution in [1.29, 1.82) is 0 Å². The normalized spacial score (nSPS) is 23.6. The van der Waals surface area contributed by atoms with Crippen molar-refractivity contribution in [1.82, 2.24) is 42.5 Å². The van der Waals surface area contributed by atoms with Crippen LogP contribution in [-0.2, 0) is 140 Å². The van der Waals surface area contributed by atoms with Crippen LogP contribution in [0.5, 0.6) is 0 Å². The zero-order valence-electron chi connectivity index (χ0n) is 71.1. The Morgan fingerprint density at radius 2 is 0.752 bits per heavy atom. The molecule has 3 heterocycles. The Kier molecular flexibility index (Phi) is 54.0. The minimum Gasteiger partial charge on any atom is -0.463 e. The first-order valence-corrected chi connectivity index (χ1v) is 41.5. The molecule has 3 saturated heterocycles. The second-order valence-corrected chi connectivity index (χ2v) is 29.3. The molecule has 117 heavy (non-hydrogen) atoms. The van der Waals surface area contributed by atoms with E-state index in [9.17, 15) is 47.9 Å². The third-order valence-corrected chi connectivity index (χ3v) is 20.0. The minimum atomic E-state index is -1.12. The summed E-state index contributed by atoms with van der Waals surface area (Å²) in [4.78, 5) is 127. The van der Waals surface area contributed by atoms with Crippen LogP contribution in [0, 0.1) is 29.6 Å².